The Hall–Kier alpha value is -1.52. The van der Waals surface area contributed by atoms with Gasteiger partial charge in [0.25, 0.3) is 0 Å². The van der Waals surface area contributed by atoms with Gasteiger partial charge in [-0.2, -0.15) is 4.98 Å². The molecule has 1 heterocycles. The van der Waals surface area contributed by atoms with Gasteiger partial charge in [0, 0.05) is 18.0 Å². The van der Waals surface area contributed by atoms with E-state index in [1.165, 1.54) is 0 Å². The molecule has 0 fully saturated rings. The number of hydrogen-bond donors (Lipinski definition) is 1. The molecule has 0 aliphatic rings. The van der Waals surface area contributed by atoms with Gasteiger partial charge in [0.1, 0.15) is 17.4 Å². The second kappa shape index (κ2) is 6.50. The summed E-state index contributed by atoms with van der Waals surface area (Å²) in [6, 6.07) is 5.08. The average molecular weight is 326 g/mol. The molecule has 6 heteroatoms. The van der Waals surface area contributed by atoms with E-state index in [0.29, 0.717) is 27.5 Å². The fraction of sp³-hybridized carbons (Fsp3) is 0.333. The Morgan fingerprint density at radius 1 is 1.19 bits per heavy atom. The van der Waals surface area contributed by atoms with Crippen LogP contribution in [-0.4, -0.2) is 17.0 Å². The number of aromatic nitrogens is 2. The summed E-state index contributed by atoms with van der Waals surface area (Å²) in [5.74, 6) is 2.65. The van der Waals surface area contributed by atoms with Crippen molar-refractivity contribution in [2.24, 2.45) is 0 Å². The second-order valence-electron chi connectivity index (χ2n) is 4.94. The van der Waals surface area contributed by atoms with Crippen LogP contribution in [-0.2, 0) is 0 Å². The van der Waals surface area contributed by atoms with E-state index >= 15 is 0 Å². The molecular weight excluding hydrogens is 309 g/mol. The molecule has 0 saturated heterocycles. The second-order valence-corrected chi connectivity index (χ2v) is 5.79. The molecule has 4 nitrogen and oxygen atoms in total. The van der Waals surface area contributed by atoms with Gasteiger partial charge in [-0.25, -0.2) is 4.98 Å². The molecule has 0 unspecified atom stereocenters. The van der Waals surface area contributed by atoms with Crippen LogP contribution >= 0.6 is 23.2 Å². The fourth-order valence-electron chi connectivity index (χ4n) is 1.78. The van der Waals surface area contributed by atoms with Gasteiger partial charge in [-0.05, 0) is 25.1 Å². The molecule has 1 N–H and O–H groups in total. The van der Waals surface area contributed by atoms with Crippen LogP contribution in [0.1, 0.15) is 31.2 Å². The molecule has 0 amide bonds. The molecule has 2 rings (SSSR count). The maximum absolute atomic E-state index is 6.14. The Morgan fingerprint density at radius 2 is 1.90 bits per heavy atom. The lowest BCUT2D eigenvalue weighted by atomic mass is 10.2. The Kier molecular flexibility index (Phi) is 4.91. The maximum atomic E-state index is 6.14. The predicted molar refractivity (Wildman–Crippen MR) is 86.9 cm³/mol. The van der Waals surface area contributed by atoms with Crippen LogP contribution in [0.4, 0.5) is 5.82 Å². The highest BCUT2D eigenvalue weighted by Crippen LogP contribution is 2.34. The van der Waals surface area contributed by atoms with E-state index in [1.807, 2.05) is 27.8 Å². The molecule has 2 aromatic rings. The number of ether oxygens (including phenoxy) is 1. The maximum Gasteiger partial charge on any atom is 0.227 e. The zero-order valence-electron chi connectivity index (χ0n) is 12.4. The molecule has 0 bridgehead atoms. The standard InChI is InChI=1S/C15H17Cl2N3O/c1-8(2)13-19-14(18-4)9(3)15(20-13)21-12-6-5-10(16)7-11(12)17/h5-8H,1-4H3,(H,18,19,20). The molecule has 21 heavy (non-hydrogen) atoms. The minimum Gasteiger partial charge on any atom is -0.437 e. The SMILES string of the molecule is CNc1nc(C(C)C)nc(Oc2ccc(Cl)cc2Cl)c1C. The van der Waals surface area contributed by atoms with E-state index in [0.717, 1.165) is 11.4 Å². The van der Waals surface area contributed by atoms with Crippen molar-refractivity contribution < 1.29 is 4.74 Å². The Morgan fingerprint density at radius 3 is 2.48 bits per heavy atom. The lowest BCUT2D eigenvalue weighted by Gasteiger charge is -2.15. The molecule has 0 aliphatic heterocycles. The normalized spacial score (nSPS) is 10.8. The number of anilines is 1. The Labute approximate surface area is 134 Å². The van der Waals surface area contributed by atoms with E-state index in [9.17, 15) is 0 Å². The molecule has 1 aromatic heterocycles. The molecule has 0 atom stereocenters. The van der Waals surface area contributed by atoms with Crippen molar-refractivity contribution >= 4 is 29.0 Å². The molecule has 0 saturated carbocycles. The number of benzene rings is 1. The van der Waals surface area contributed by atoms with Crippen LogP contribution < -0.4 is 10.1 Å². The smallest absolute Gasteiger partial charge is 0.227 e. The fourth-order valence-corrected chi connectivity index (χ4v) is 2.22. The summed E-state index contributed by atoms with van der Waals surface area (Å²) in [5.41, 5.74) is 0.827. The van der Waals surface area contributed by atoms with Gasteiger partial charge in [0.2, 0.25) is 5.88 Å². The van der Waals surface area contributed by atoms with Crippen LogP contribution in [0.25, 0.3) is 0 Å². The van der Waals surface area contributed by atoms with Crippen molar-refractivity contribution in [3.63, 3.8) is 0 Å². The van der Waals surface area contributed by atoms with Crippen LogP contribution in [0, 0.1) is 6.92 Å². The third-order valence-corrected chi connectivity index (χ3v) is 3.50. The third kappa shape index (κ3) is 3.57. The number of hydrogen-bond acceptors (Lipinski definition) is 4. The van der Waals surface area contributed by atoms with Gasteiger partial charge >= 0.3 is 0 Å². The van der Waals surface area contributed by atoms with Crippen molar-refractivity contribution in [3.05, 3.63) is 39.6 Å². The quantitative estimate of drug-likeness (QED) is 0.854. The summed E-state index contributed by atoms with van der Waals surface area (Å²) in [5, 5.41) is 4.06. The minimum atomic E-state index is 0.195. The monoisotopic (exact) mass is 325 g/mol. The number of rotatable bonds is 4. The van der Waals surface area contributed by atoms with Crippen molar-refractivity contribution in [1.82, 2.24) is 9.97 Å². The van der Waals surface area contributed by atoms with Crippen LogP contribution in [0.2, 0.25) is 10.0 Å². The first kappa shape index (κ1) is 15.9. The molecule has 0 spiro atoms. The van der Waals surface area contributed by atoms with E-state index in [2.05, 4.69) is 15.3 Å². The predicted octanol–water partition coefficient (Wildman–Crippen LogP) is 5.05. The summed E-state index contributed by atoms with van der Waals surface area (Å²) in [7, 11) is 1.82. The van der Waals surface area contributed by atoms with Gasteiger partial charge in [-0.1, -0.05) is 37.0 Å². The van der Waals surface area contributed by atoms with Crippen LogP contribution in [0.3, 0.4) is 0 Å². The third-order valence-electron chi connectivity index (χ3n) is 2.97. The molecular formula is C15H17Cl2N3O. The lowest BCUT2D eigenvalue weighted by Crippen LogP contribution is -2.06. The van der Waals surface area contributed by atoms with E-state index in [4.69, 9.17) is 27.9 Å². The van der Waals surface area contributed by atoms with Gasteiger partial charge in [0.15, 0.2) is 0 Å². The van der Waals surface area contributed by atoms with E-state index in [1.54, 1.807) is 18.2 Å². The summed E-state index contributed by atoms with van der Waals surface area (Å²) in [4.78, 5) is 8.95. The average Bonchev–Trinajstić information content (AvgIpc) is 2.43. The van der Waals surface area contributed by atoms with Gasteiger partial charge in [-0.15, -0.1) is 0 Å². The molecule has 112 valence electrons. The minimum absolute atomic E-state index is 0.195. The number of nitrogens with zero attached hydrogens (tertiary/aromatic N) is 2. The first-order valence-corrected chi connectivity index (χ1v) is 7.37. The Bertz CT molecular complexity index is 660. The largest absolute Gasteiger partial charge is 0.437 e. The lowest BCUT2D eigenvalue weighted by molar-refractivity contribution is 0.453. The first-order chi connectivity index (χ1) is 9.92. The summed E-state index contributed by atoms with van der Waals surface area (Å²) in [6.45, 7) is 5.96. The highest BCUT2D eigenvalue weighted by Gasteiger charge is 2.15. The van der Waals surface area contributed by atoms with Crippen molar-refractivity contribution in [1.29, 1.82) is 0 Å². The molecule has 0 radical (unpaired) electrons. The zero-order valence-corrected chi connectivity index (χ0v) is 13.9. The zero-order chi connectivity index (χ0) is 15.6. The molecule has 0 aliphatic carbocycles. The Balaban J connectivity index is 2.45. The van der Waals surface area contributed by atoms with Crippen LogP contribution in [0.5, 0.6) is 11.6 Å². The van der Waals surface area contributed by atoms with Gasteiger partial charge in [0.05, 0.1) is 10.6 Å². The molecule has 1 aromatic carbocycles. The number of nitrogens with one attached hydrogen (secondary N) is 1. The van der Waals surface area contributed by atoms with Crippen molar-refractivity contribution in [2.45, 2.75) is 26.7 Å². The van der Waals surface area contributed by atoms with E-state index < -0.39 is 0 Å². The van der Waals surface area contributed by atoms with Crippen molar-refractivity contribution in [2.75, 3.05) is 12.4 Å². The summed E-state index contributed by atoms with van der Waals surface area (Å²) < 4.78 is 5.85. The highest BCUT2D eigenvalue weighted by atomic mass is 35.5. The van der Waals surface area contributed by atoms with Crippen LogP contribution in [0.15, 0.2) is 18.2 Å². The summed E-state index contributed by atoms with van der Waals surface area (Å²) >= 11 is 12.0. The van der Waals surface area contributed by atoms with Gasteiger partial charge < -0.3 is 10.1 Å². The highest BCUT2D eigenvalue weighted by molar-refractivity contribution is 6.35. The number of halogens is 2. The topological polar surface area (TPSA) is 47.0 Å². The van der Waals surface area contributed by atoms with Gasteiger partial charge in [-0.3, -0.25) is 0 Å². The summed E-state index contributed by atoms with van der Waals surface area (Å²) in [6.07, 6.45) is 0. The van der Waals surface area contributed by atoms with E-state index in [-0.39, 0.29) is 5.92 Å². The first-order valence-electron chi connectivity index (χ1n) is 6.61. The van der Waals surface area contributed by atoms with Crippen molar-refractivity contribution in [3.8, 4) is 11.6 Å².